The zero-order valence-corrected chi connectivity index (χ0v) is 12.3. The van der Waals surface area contributed by atoms with Crippen LogP contribution in [0.2, 0.25) is 0 Å². The van der Waals surface area contributed by atoms with Crippen molar-refractivity contribution in [2.75, 3.05) is 0 Å². The average Bonchev–Trinajstić information content (AvgIpc) is 2.42. The summed E-state index contributed by atoms with van der Waals surface area (Å²) < 4.78 is 0. The summed E-state index contributed by atoms with van der Waals surface area (Å²) in [6.07, 6.45) is 12.1. The second kappa shape index (κ2) is 8.23. The maximum atomic E-state index is 4.35. The molecule has 0 spiro atoms. The van der Waals surface area contributed by atoms with Gasteiger partial charge >= 0.3 is 0 Å². The Morgan fingerprint density at radius 3 is 2.33 bits per heavy atom. The van der Waals surface area contributed by atoms with Gasteiger partial charge in [-0.1, -0.05) is 59.3 Å². The third-order valence-electron chi connectivity index (χ3n) is 3.85. The van der Waals surface area contributed by atoms with Crippen LogP contribution in [0.4, 0.5) is 0 Å². The minimum Gasteiger partial charge on any atom is -0.159 e. The Bertz CT molecular complexity index is 310. The van der Waals surface area contributed by atoms with Crippen LogP contribution in [0, 0.1) is 0 Å². The van der Waals surface area contributed by atoms with Crippen LogP contribution in [0.15, 0.2) is 18.3 Å². The fourth-order valence-corrected chi connectivity index (χ4v) is 2.51. The number of nitrogens with zero attached hydrogens (tertiary/aromatic N) is 2. The van der Waals surface area contributed by atoms with E-state index in [1.165, 1.54) is 57.1 Å². The first-order chi connectivity index (χ1) is 8.73. The van der Waals surface area contributed by atoms with Gasteiger partial charge < -0.3 is 0 Å². The minimum atomic E-state index is 0.220. The predicted molar refractivity (Wildman–Crippen MR) is 77.7 cm³/mol. The lowest BCUT2D eigenvalue weighted by Gasteiger charge is -2.28. The summed E-state index contributed by atoms with van der Waals surface area (Å²) in [6, 6.07) is 4.15. The molecule has 0 saturated heterocycles. The van der Waals surface area contributed by atoms with Crippen molar-refractivity contribution in [1.82, 2.24) is 10.2 Å². The molecule has 0 aliphatic carbocycles. The third-order valence-corrected chi connectivity index (χ3v) is 3.85. The van der Waals surface area contributed by atoms with E-state index in [0.717, 1.165) is 0 Å². The Kier molecular flexibility index (Phi) is 6.92. The summed E-state index contributed by atoms with van der Waals surface area (Å²) in [7, 11) is 0. The molecule has 1 rings (SSSR count). The summed E-state index contributed by atoms with van der Waals surface area (Å²) in [6.45, 7) is 6.88. The lowest BCUT2D eigenvalue weighted by atomic mass is 9.77. The van der Waals surface area contributed by atoms with Gasteiger partial charge in [0.2, 0.25) is 0 Å². The van der Waals surface area contributed by atoms with Gasteiger partial charge in [0.25, 0.3) is 0 Å². The molecule has 2 nitrogen and oxygen atoms in total. The van der Waals surface area contributed by atoms with Gasteiger partial charge in [-0.05, 0) is 25.0 Å². The van der Waals surface area contributed by atoms with Crippen molar-refractivity contribution in [2.24, 2.45) is 0 Å². The molecule has 0 saturated carbocycles. The second-order valence-corrected chi connectivity index (χ2v) is 5.58. The van der Waals surface area contributed by atoms with Gasteiger partial charge in [-0.25, -0.2) is 0 Å². The van der Waals surface area contributed by atoms with Gasteiger partial charge in [-0.15, -0.1) is 0 Å². The van der Waals surface area contributed by atoms with Crippen LogP contribution in [0.5, 0.6) is 0 Å². The molecule has 1 unspecified atom stereocenters. The number of aromatic nitrogens is 2. The van der Waals surface area contributed by atoms with E-state index in [2.05, 4.69) is 37.0 Å². The molecule has 1 atom stereocenters. The Balaban J connectivity index is 2.63. The zero-order chi connectivity index (χ0) is 13.3. The standard InChI is InChI=1S/C16H28N2/c1-4-6-8-9-13-16(3,12-7-5-2)15-11-10-14-17-18-15/h10-11,14H,4-9,12-13H2,1-3H3. The van der Waals surface area contributed by atoms with Gasteiger partial charge in [0.05, 0.1) is 5.69 Å². The maximum absolute atomic E-state index is 4.35. The van der Waals surface area contributed by atoms with Gasteiger partial charge in [0, 0.05) is 11.6 Å². The fraction of sp³-hybridized carbons (Fsp3) is 0.750. The molecule has 1 aromatic heterocycles. The Hall–Kier alpha value is -0.920. The molecule has 0 amide bonds. The highest BCUT2D eigenvalue weighted by molar-refractivity contribution is 5.13. The molecule has 0 N–H and O–H groups in total. The largest absolute Gasteiger partial charge is 0.159 e. The Morgan fingerprint density at radius 1 is 1.00 bits per heavy atom. The van der Waals surface area contributed by atoms with E-state index >= 15 is 0 Å². The molecule has 0 aliphatic heterocycles. The lowest BCUT2D eigenvalue weighted by molar-refractivity contribution is 0.357. The number of hydrogen-bond donors (Lipinski definition) is 0. The average molecular weight is 248 g/mol. The Morgan fingerprint density at radius 2 is 1.72 bits per heavy atom. The van der Waals surface area contributed by atoms with E-state index < -0.39 is 0 Å². The van der Waals surface area contributed by atoms with Crippen LogP contribution in [0.3, 0.4) is 0 Å². The van der Waals surface area contributed by atoms with Gasteiger partial charge in [-0.2, -0.15) is 10.2 Å². The quantitative estimate of drug-likeness (QED) is 0.581. The first-order valence-electron chi connectivity index (χ1n) is 7.51. The highest BCUT2D eigenvalue weighted by Crippen LogP contribution is 2.33. The second-order valence-electron chi connectivity index (χ2n) is 5.58. The molecule has 0 aliphatic rings. The molecule has 0 radical (unpaired) electrons. The minimum absolute atomic E-state index is 0.220. The lowest BCUT2D eigenvalue weighted by Crippen LogP contribution is -2.23. The van der Waals surface area contributed by atoms with E-state index in [4.69, 9.17) is 0 Å². The first-order valence-corrected chi connectivity index (χ1v) is 7.51. The first kappa shape index (κ1) is 15.1. The van der Waals surface area contributed by atoms with Gasteiger partial charge in [0.1, 0.15) is 0 Å². The van der Waals surface area contributed by atoms with Gasteiger partial charge in [0.15, 0.2) is 0 Å². The third kappa shape index (κ3) is 4.75. The van der Waals surface area contributed by atoms with E-state index in [9.17, 15) is 0 Å². The molecule has 1 heterocycles. The Labute approximate surface area is 112 Å². The molecule has 102 valence electrons. The smallest absolute Gasteiger partial charge is 0.0689 e. The summed E-state index contributed by atoms with van der Waals surface area (Å²) >= 11 is 0. The SMILES string of the molecule is CCCCCCC(C)(CCCC)c1cccnn1. The molecule has 0 fully saturated rings. The van der Waals surface area contributed by atoms with E-state index in [1.54, 1.807) is 6.20 Å². The summed E-state index contributed by atoms with van der Waals surface area (Å²) in [5, 5.41) is 8.41. The van der Waals surface area contributed by atoms with Crippen molar-refractivity contribution in [1.29, 1.82) is 0 Å². The molecular weight excluding hydrogens is 220 g/mol. The number of unbranched alkanes of at least 4 members (excludes halogenated alkanes) is 4. The molecule has 2 heteroatoms. The van der Waals surface area contributed by atoms with Crippen molar-refractivity contribution in [3.63, 3.8) is 0 Å². The summed E-state index contributed by atoms with van der Waals surface area (Å²) in [4.78, 5) is 0. The topological polar surface area (TPSA) is 25.8 Å². The molecule has 0 bridgehead atoms. The number of rotatable bonds is 9. The van der Waals surface area contributed by atoms with Crippen LogP contribution in [-0.4, -0.2) is 10.2 Å². The van der Waals surface area contributed by atoms with E-state index in [-0.39, 0.29) is 5.41 Å². The highest BCUT2D eigenvalue weighted by Gasteiger charge is 2.27. The van der Waals surface area contributed by atoms with E-state index in [1.807, 2.05) is 6.07 Å². The highest BCUT2D eigenvalue weighted by atomic mass is 15.1. The van der Waals surface area contributed by atoms with Crippen LogP contribution < -0.4 is 0 Å². The summed E-state index contributed by atoms with van der Waals surface area (Å²) in [5.74, 6) is 0. The van der Waals surface area contributed by atoms with Crippen LogP contribution >= 0.6 is 0 Å². The molecule has 18 heavy (non-hydrogen) atoms. The monoisotopic (exact) mass is 248 g/mol. The van der Waals surface area contributed by atoms with Crippen molar-refractivity contribution in [3.8, 4) is 0 Å². The van der Waals surface area contributed by atoms with Crippen molar-refractivity contribution >= 4 is 0 Å². The molecular formula is C16H28N2. The van der Waals surface area contributed by atoms with Crippen molar-refractivity contribution in [3.05, 3.63) is 24.0 Å². The van der Waals surface area contributed by atoms with Crippen LogP contribution in [-0.2, 0) is 5.41 Å². The molecule has 1 aromatic rings. The number of hydrogen-bond acceptors (Lipinski definition) is 2. The van der Waals surface area contributed by atoms with Crippen LogP contribution in [0.1, 0.15) is 77.8 Å². The molecule has 0 aromatic carbocycles. The predicted octanol–water partition coefficient (Wildman–Crippen LogP) is 4.89. The van der Waals surface area contributed by atoms with Crippen molar-refractivity contribution < 1.29 is 0 Å². The van der Waals surface area contributed by atoms with Crippen LogP contribution in [0.25, 0.3) is 0 Å². The maximum Gasteiger partial charge on any atom is 0.0689 e. The van der Waals surface area contributed by atoms with E-state index in [0.29, 0.717) is 0 Å². The zero-order valence-electron chi connectivity index (χ0n) is 12.3. The van der Waals surface area contributed by atoms with Crippen molar-refractivity contribution in [2.45, 2.75) is 77.6 Å². The summed E-state index contributed by atoms with van der Waals surface area (Å²) in [5.41, 5.74) is 1.40. The fourth-order valence-electron chi connectivity index (χ4n) is 2.51. The van der Waals surface area contributed by atoms with Gasteiger partial charge in [-0.3, -0.25) is 0 Å². The normalized spacial score (nSPS) is 14.4.